The standard InChI is InChI=1S/C39H58N2O8/c1-7-44-32-22-28(23-33(45-8-2)36(32)48-11-5)38(42)40-30-17-13-26(14-18-30)21-27-15-19-31(20-16-27)41-39(43)29-24-34(46-9-3)37(49-12-6)35(25-29)47-10-4/h22-27,30-31H,7-21H2,1-6H3,(H,40,42)(H,41,43). The van der Waals surface area contributed by atoms with Crippen LogP contribution in [0.3, 0.4) is 0 Å². The molecule has 0 bridgehead atoms. The summed E-state index contributed by atoms with van der Waals surface area (Å²) in [5, 5.41) is 6.53. The lowest BCUT2D eigenvalue weighted by Crippen LogP contribution is -2.39. The highest BCUT2D eigenvalue weighted by molar-refractivity contribution is 5.96. The average molecular weight is 683 g/mol. The summed E-state index contributed by atoms with van der Waals surface area (Å²) in [5.41, 5.74) is 1.04. The van der Waals surface area contributed by atoms with Crippen LogP contribution < -0.4 is 39.1 Å². The molecule has 0 unspecified atom stereocenters. The molecule has 2 N–H and O–H groups in total. The van der Waals surface area contributed by atoms with E-state index >= 15 is 0 Å². The van der Waals surface area contributed by atoms with Crippen molar-refractivity contribution >= 4 is 11.8 Å². The van der Waals surface area contributed by atoms with Gasteiger partial charge in [-0.15, -0.1) is 0 Å². The van der Waals surface area contributed by atoms with Crippen molar-refractivity contribution in [3.05, 3.63) is 35.4 Å². The second-order valence-corrected chi connectivity index (χ2v) is 12.8. The molecule has 2 aliphatic rings. The maximum Gasteiger partial charge on any atom is 0.251 e. The van der Waals surface area contributed by atoms with Gasteiger partial charge in [-0.1, -0.05) is 0 Å². The molecule has 0 aliphatic heterocycles. The van der Waals surface area contributed by atoms with E-state index in [0.717, 1.165) is 51.4 Å². The Morgan fingerprint density at radius 2 is 0.776 bits per heavy atom. The Hall–Kier alpha value is -3.82. The van der Waals surface area contributed by atoms with E-state index in [0.29, 0.717) is 97.1 Å². The Morgan fingerprint density at radius 1 is 0.490 bits per heavy atom. The van der Waals surface area contributed by atoms with Gasteiger partial charge in [0.05, 0.1) is 39.6 Å². The highest BCUT2D eigenvalue weighted by Crippen LogP contribution is 2.41. The molecule has 10 nitrogen and oxygen atoms in total. The summed E-state index contributed by atoms with van der Waals surface area (Å²) >= 11 is 0. The zero-order valence-electron chi connectivity index (χ0n) is 30.5. The molecular weight excluding hydrogens is 624 g/mol. The van der Waals surface area contributed by atoms with Crippen LogP contribution in [0, 0.1) is 11.8 Å². The molecule has 49 heavy (non-hydrogen) atoms. The number of benzene rings is 2. The van der Waals surface area contributed by atoms with E-state index in [1.807, 2.05) is 41.5 Å². The Labute approximate surface area is 292 Å². The van der Waals surface area contributed by atoms with Crippen LogP contribution in [0.4, 0.5) is 0 Å². The van der Waals surface area contributed by atoms with Gasteiger partial charge in [-0.05, 0) is 135 Å². The van der Waals surface area contributed by atoms with E-state index in [-0.39, 0.29) is 23.9 Å². The van der Waals surface area contributed by atoms with Crippen molar-refractivity contribution in [2.24, 2.45) is 11.8 Å². The van der Waals surface area contributed by atoms with E-state index in [1.54, 1.807) is 24.3 Å². The largest absolute Gasteiger partial charge is 0.490 e. The van der Waals surface area contributed by atoms with Gasteiger partial charge in [0, 0.05) is 23.2 Å². The molecule has 2 aromatic rings. The average Bonchev–Trinajstić information content (AvgIpc) is 3.09. The quantitative estimate of drug-likeness (QED) is 0.164. The summed E-state index contributed by atoms with van der Waals surface area (Å²) < 4.78 is 34.8. The van der Waals surface area contributed by atoms with Gasteiger partial charge in [-0.2, -0.15) is 0 Å². The molecule has 2 aromatic carbocycles. The van der Waals surface area contributed by atoms with Crippen molar-refractivity contribution in [2.45, 2.75) is 111 Å². The van der Waals surface area contributed by atoms with Crippen molar-refractivity contribution < 1.29 is 38.0 Å². The Kier molecular flexibility index (Phi) is 15.0. The third kappa shape index (κ3) is 10.6. The first-order chi connectivity index (χ1) is 23.8. The maximum absolute atomic E-state index is 13.3. The Bertz CT molecular complexity index is 1190. The van der Waals surface area contributed by atoms with Crippen LogP contribution in [0.5, 0.6) is 34.5 Å². The highest BCUT2D eigenvalue weighted by Gasteiger charge is 2.29. The third-order valence-corrected chi connectivity index (χ3v) is 9.37. The molecule has 0 saturated heterocycles. The molecule has 10 heteroatoms. The number of hydrogen-bond acceptors (Lipinski definition) is 8. The van der Waals surface area contributed by atoms with Gasteiger partial charge < -0.3 is 39.1 Å². The van der Waals surface area contributed by atoms with Crippen molar-refractivity contribution in [2.75, 3.05) is 39.6 Å². The molecule has 4 rings (SSSR count). The maximum atomic E-state index is 13.3. The first-order valence-electron chi connectivity index (χ1n) is 18.6. The fraction of sp³-hybridized carbons (Fsp3) is 0.641. The summed E-state index contributed by atoms with van der Waals surface area (Å²) in [7, 11) is 0. The van der Waals surface area contributed by atoms with E-state index in [2.05, 4.69) is 10.6 Å². The van der Waals surface area contributed by atoms with Crippen molar-refractivity contribution in [3.63, 3.8) is 0 Å². The van der Waals surface area contributed by atoms with Gasteiger partial charge >= 0.3 is 0 Å². The minimum Gasteiger partial charge on any atom is -0.490 e. The molecule has 2 aliphatic carbocycles. The first kappa shape index (κ1) is 38.0. The zero-order valence-corrected chi connectivity index (χ0v) is 30.5. The lowest BCUT2D eigenvalue weighted by atomic mass is 9.75. The summed E-state index contributed by atoms with van der Waals surface area (Å²) in [6.45, 7) is 14.3. The van der Waals surface area contributed by atoms with Crippen molar-refractivity contribution in [1.82, 2.24) is 10.6 Å². The van der Waals surface area contributed by atoms with Gasteiger partial charge in [0.2, 0.25) is 11.5 Å². The molecule has 272 valence electrons. The number of carbonyl (C=O) groups is 2. The van der Waals surface area contributed by atoms with Gasteiger partial charge in [0.25, 0.3) is 11.8 Å². The van der Waals surface area contributed by atoms with Crippen LogP contribution in [0.25, 0.3) is 0 Å². The fourth-order valence-corrected chi connectivity index (χ4v) is 7.13. The van der Waals surface area contributed by atoms with E-state index in [1.165, 1.54) is 6.42 Å². The summed E-state index contributed by atoms with van der Waals surface area (Å²) in [5.74, 6) is 4.32. The molecule has 2 amide bonds. The Morgan fingerprint density at radius 3 is 1.04 bits per heavy atom. The lowest BCUT2D eigenvalue weighted by Gasteiger charge is -2.34. The van der Waals surface area contributed by atoms with Crippen LogP contribution in [-0.2, 0) is 0 Å². The monoisotopic (exact) mass is 682 g/mol. The van der Waals surface area contributed by atoms with Gasteiger partial charge in [-0.3, -0.25) is 9.59 Å². The van der Waals surface area contributed by atoms with Crippen LogP contribution in [0.15, 0.2) is 24.3 Å². The molecule has 0 heterocycles. The number of hydrogen-bond donors (Lipinski definition) is 2. The second kappa shape index (κ2) is 19.4. The second-order valence-electron chi connectivity index (χ2n) is 12.8. The van der Waals surface area contributed by atoms with Crippen LogP contribution in [0.1, 0.15) is 120 Å². The summed E-state index contributed by atoms with van der Waals surface area (Å²) in [6, 6.07) is 7.33. The number of ether oxygens (including phenoxy) is 6. The molecule has 0 spiro atoms. The minimum atomic E-state index is -0.109. The number of carbonyl (C=O) groups excluding carboxylic acids is 2. The predicted octanol–water partition coefficient (Wildman–Crippen LogP) is 7.75. The zero-order chi connectivity index (χ0) is 35.2. The fourth-order valence-electron chi connectivity index (χ4n) is 7.13. The molecule has 0 radical (unpaired) electrons. The van der Waals surface area contributed by atoms with Crippen LogP contribution in [0.2, 0.25) is 0 Å². The molecular formula is C39H58N2O8. The lowest BCUT2D eigenvalue weighted by molar-refractivity contribution is 0.0916. The summed E-state index contributed by atoms with van der Waals surface area (Å²) in [4.78, 5) is 26.6. The molecule has 2 fully saturated rings. The topological polar surface area (TPSA) is 114 Å². The number of amides is 2. The first-order valence-corrected chi connectivity index (χ1v) is 18.6. The van der Waals surface area contributed by atoms with E-state index < -0.39 is 0 Å². The van der Waals surface area contributed by atoms with Crippen molar-refractivity contribution in [3.8, 4) is 34.5 Å². The van der Waals surface area contributed by atoms with Crippen molar-refractivity contribution in [1.29, 1.82) is 0 Å². The van der Waals surface area contributed by atoms with E-state index in [9.17, 15) is 9.59 Å². The van der Waals surface area contributed by atoms with Gasteiger partial charge in [-0.25, -0.2) is 0 Å². The van der Waals surface area contributed by atoms with Crippen LogP contribution >= 0.6 is 0 Å². The number of nitrogens with one attached hydrogen (secondary N) is 2. The Balaban J connectivity index is 1.25. The predicted molar refractivity (Wildman–Crippen MR) is 191 cm³/mol. The van der Waals surface area contributed by atoms with Crippen LogP contribution in [-0.4, -0.2) is 63.5 Å². The molecule has 0 aromatic heterocycles. The summed E-state index contributed by atoms with van der Waals surface area (Å²) in [6.07, 6.45) is 9.57. The number of rotatable bonds is 18. The minimum absolute atomic E-state index is 0.109. The molecule has 0 atom stereocenters. The van der Waals surface area contributed by atoms with Gasteiger partial charge in [0.15, 0.2) is 23.0 Å². The van der Waals surface area contributed by atoms with E-state index in [4.69, 9.17) is 28.4 Å². The van der Waals surface area contributed by atoms with Gasteiger partial charge in [0.1, 0.15) is 0 Å². The normalized spacial score (nSPS) is 20.5. The smallest absolute Gasteiger partial charge is 0.251 e. The SMILES string of the molecule is CCOc1cc(C(=O)NC2CCC(CC3CCC(NC(=O)c4cc(OCC)c(OCC)c(OCC)c4)CC3)CC2)cc(OCC)c1OCC. The highest BCUT2D eigenvalue weighted by atomic mass is 16.5. The molecule has 2 saturated carbocycles. The third-order valence-electron chi connectivity index (χ3n) is 9.37.